The van der Waals surface area contributed by atoms with Crippen molar-refractivity contribution in [3.63, 3.8) is 0 Å². The molecular weight excluding hydrogens is 464 g/mol. The minimum atomic E-state index is -1.09. The number of rotatable bonds is 7. The Bertz CT molecular complexity index is 1190. The number of halogens is 2. The third-order valence-corrected chi connectivity index (χ3v) is 5.69. The number of carbonyl (C=O) groups excluding carboxylic acids is 1. The number of nitrogens with zero attached hydrogens (tertiary/aromatic N) is 3. The Hall–Kier alpha value is -3.64. The van der Waals surface area contributed by atoms with Crippen molar-refractivity contribution in [2.24, 2.45) is 4.99 Å². The van der Waals surface area contributed by atoms with Crippen molar-refractivity contribution in [1.82, 2.24) is 20.2 Å². The molecule has 0 radical (unpaired) electrons. The van der Waals surface area contributed by atoms with E-state index in [1.165, 1.54) is 6.07 Å². The number of benzene rings is 1. The molecule has 3 heterocycles. The van der Waals surface area contributed by atoms with E-state index in [1.54, 1.807) is 24.9 Å². The number of aromatic nitrogens is 2. The van der Waals surface area contributed by atoms with E-state index < -0.39 is 35.7 Å². The van der Waals surface area contributed by atoms with Crippen LogP contribution in [0, 0.1) is 18.6 Å². The Morgan fingerprint density at radius 3 is 2.77 bits per heavy atom. The first-order valence-electron chi connectivity index (χ1n) is 11.0. The third-order valence-electron chi connectivity index (χ3n) is 5.69. The summed E-state index contributed by atoms with van der Waals surface area (Å²) in [6.45, 7) is 4.15. The van der Waals surface area contributed by atoms with Gasteiger partial charge < -0.3 is 24.9 Å². The van der Waals surface area contributed by atoms with Gasteiger partial charge in [0.2, 0.25) is 0 Å². The van der Waals surface area contributed by atoms with Crippen LogP contribution in [0.2, 0.25) is 0 Å². The van der Waals surface area contributed by atoms with Crippen molar-refractivity contribution in [2.45, 2.75) is 25.9 Å². The summed E-state index contributed by atoms with van der Waals surface area (Å²) in [4.78, 5) is 38.5. The number of ether oxygens (including phenoxy) is 2. The highest BCUT2D eigenvalue weighted by Gasteiger charge is 2.36. The maximum absolute atomic E-state index is 14.2. The zero-order chi connectivity index (χ0) is 25.1. The van der Waals surface area contributed by atoms with Gasteiger partial charge in [0.25, 0.3) is 0 Å². The number of amidine groups is 1. The van der Waals surface area contributed by atoms with E-state index in [0.29, 0.717) is 24.7 Å². The van der Waals surface area contributed by atoms with Gasteiger partial charge in [-0.05, 0) is 31.5 Å². The van der Waals surface area contributed by atoms with E-state index in [1.807, 2.05) is 0 Å². The molecule has 0 aliphatic carbocycles. The van der Waals surface area contributed by atoms with Crippen molar-refractivity contribution in [2.75, 3.05) is 32.9 Å². The average molecular weight is 489 g/mol. The number of H-pyrrole nitrogens is 1. The molecule has 12 heteroatoms. The predicted molar refractivity (Wildman–Crippen MR) is 120 cm³/mol. The SMILES string of the molecule is CCOC(=O)C1=C(CN2CCOC[C@H]2C(=O)O)NC(c2ncc(C)[nH]2)=N[C@H]1c1ccc(F)c(F)c1. The van der Waals surface area contributed by atoms with Gasteiger partial charge in [-0.3, -0.25) is 14.7 Å². The van der Waals surface area contributed by atoms with Gasteiger partial charge in [0.05, 0.1) is 25.4 Å². The summed E-state index contributed by atoms with van der Waals surface area (Å²) in [5.74, 6) is -3.26. The molecule has 0 bridgehead atoms. The molecule has 3 N–H and O–H groups in total. The number of carboxylic acids is 1. The number of aryl methyl sites for hydroxylation is 1. The van der Waals surface area contributed by atoms with E-state index in [4.69, 9.17) is 9.47 Å². The van der Waals surface area contributed by atoms with Gasteiger partial charge in [0.15, 0.2) is 23.3 Å². The minimum Gasteiger partial charge on any atom is -0.480 e. The molecule has 0 saturated carbocycles. The standard InChI is InChI=1S/C23H25F2N5O5/c1-3-35-23(33)18-16(10-30-6-7-34-11-17(30)22(31)32)28-21(20-26-9-12(2)27-20)29-19(18)13-4-5-14(24)15(25)8-13/h4-5,8-9,17,19H,3,6-7,10-11H2,1-2H3,(H,26,27)(H,28,29)(H,31,32)/t17-,19-/m0/s1. The second-order valence-electron chi connectivity index (χ2n) is 8.11. The molecule has 35 heavy (non-hydrogen) atoms. The Labute approximate surface area is 199 Å². The summed E-state index contributed by atoms with van der Waals surface area (Å²) in [6, 6.07) is 1.30. The van der Waals surface area contributed by atoms with E-state index >= 15 is 0 Å². The van der Waals surface area contributed by atoms with Crippen LogP contribution in [0.25, 0.3) is 0 Å². The fourth-order valence-corrected chi connectivity index (χ4v) is 4.00. The zero-order valence-electron chi connectivity index (χ0n) is 19.2. The first-order chi connectivity index (χ1) is 16.8. The van der Waals surface area contributed by atoms with Crippen molar-refractivity contribution >= 4 is 17.8 Å². The number of aromatic amines is 1. The lowest BCUT2D eigenvalue weighted by molar-refractivity contribution is -0.149. The fraction of sp³-hybridized carbons (Fsp3) is 0.391. The Kier molecular flexibility index (Phi) is 7.22. The first-order valence-corrected chi connectivity index (χ1v) is 11.0. The van der Waals surface area contributed by atoms with Gasteiger partial charge in [-0.2, -0.15) is 0 Å². The van der Waals surface area contributed by atoms with Crippen LogP contribution in [0.3, 0.4) is 0 Å². The molecule has 2 aliphatic heterocycles. The number of carbonyl (C=O) groups is 2. The van der Waals surface area contributed by atoms with Gasteiger partial charge in [0, 0.05) is 30.7 Å². The summed E-state index contributed by atoms with van der Waals surface area (Å²) in [5.41, 5.74) is 1.38. The fourth-order valence-electron chi connectivity index (χ4n) is 4.00. The van der Waals surface area contributed by atoms with E-state index in [2.05, 4.69) is 20.3 Å². The van der Waals surface area contributed by atoms with E-state index in [9.17, 15) is 23.5 Å². The van der Waals surface area contributed by atoms with Crippen LogP contribution in [-0.2, 0) is 19.1 Å². The normalized spacial score (nSPS) is 20.9. The quantitative estimate of drug-likeness (QED) is 0.501. The molecule has 10 nitrogen and oxygen atoms in total. The molecule has 1 saturated heterocycles. The maximum atomic E-state index is 14.2. The molecule has 2 aliphatic rings. The lowest BCUT2D eigenvalue weighted by Crippen LogP contribution is -2.52. The number of esters is 1. The average Bonchev–Trinajstić information content (AvgIpc) is 3.27. The largest absolute Gasteiger partial charge is 0.480 e. The summed E-state index contributed by atoms with van der Waals surface area (Å²) >= 11 is 0. The number of aliphatic carboxylic acids is 1. The number of hydrogen-bond acceptors (Lipinski definition) is 8. The van der Waals surface area contributed by atoms with Crippen LogP contribution < -0.4 is 5.32 Å². The van der Waals surface area contributed by atoms with Crippen LogP contribution in [0.15, 0.2) is 40.7 Å². The highest BCUT2D eigenvalue weighted by Crippen LogP contribution is 2.33. The van der Waals surface area contributed by atoms with Gasteiger partial charge in [-0.25, -0.2) is 18.6 Å². The third kappa shape index (κ3) is 5.23. The number of nitrogens with one attached hydrogen (secondary N) is 2. The molecule has 4 rings (SSSR count). The summed E-state index contributed by atoms with van der Waals surface area (Å²) < 4.78 is 38.4. The number of imidazole rings is 1. The predicted octanol–water partition coefficient (Wildman–Crippen LogP) is 1.69. The van der Waals surface area contributed by atoms with Gasteiger partial charge in [0.1, 0.15) is 12.1 Å². The van der Waals surface area contributed by atoms with Gasteiger partial charge in [-0.15, -0.1) is 0 Å². The summed E-state index contributed by atoms with van der Waals surface area (Å²) in [6.07, 6.45) is 1.60. The van der Waals surface area contributed by atoms with Crippen LogP contribution >= 0.6 is 0 Å². The smallest absolute Gasteiger partial charge is 0.338 e. The van der Waals surface area contributed by atoms with E-state index in [-0.39, 0.29) is 36.7 Å². The topological polar surface area (TPSA) is 129 Å². The summed E-state index contributed by atoms with van der Waals surface area (Å²) in [5, 5.41) is 12.7. The van der Waals surface area contributed by atoms with Crippen molar-refractivity contribution < 1.29 is 33.0 Å². The molecule has 0 unspecified atom stereocenters. The van der Waals surface area contributed by atoms with Crippen LogP contribution in [0.5, 0.6) is 0 Å². The minimum absolute atomic E-state index is 0.0116. The molecule has 0 spiro atoms. The second-order valence-corrected chi connectivity index (χ2v) is 8.11. The van der Waals surface area contributed by atoms with Gasteiger partial charge in [-0.1, -0.05) is 6.07 Å². The molecule has 2 atom stereocenters. The Morgan fingerprint density at radius 2 is 2.11 bits per heavy atom. The molecule has 2 aromatic rings. The van der Waals surface area contributed by atoms with Crippen LogP contribution in [-0.4, -0.2) is 76.7 Å². The van der Waals surface area contributed by atoms with E-state index in [0.717, 1.165) is 17.8 Å². The second kappa shape index (κ2) is 10.3. The maximum Gasteiger partial charge on any atom is 0.338 e. The molecule has 1 aromatic carbocycles. The molecule has 1 fully saturated rings. The monoisotopic (exact) mass is 489 g/mol. The number of hydrogen-bond donors (Lipinski definition) is 3. The molecule has 1 aromatic heterocycles. The first kappa shape index (κ1) is 24.5. The zero-order valence-corrected chi connectivity index (χ0v) is 19.2. The van der Waals surface area contributed by atoms with Crippen LogP contribution in [0.1, 0.15) is 30.0 Å². The van der Waals surface area contributed by atoms with Crippen LogP contribution in [0.4, 0.5) is 8.78 Å². The highest BCUT2D eigenvalue weighted by atomic mass is 19.2. The van der Waals surface area contributed by atoms with Crippen molar-refractivity contribution in [3.05, 3.63) is 64.4 Å². The number of carboxylic acid groups (broad SMARTS) is 1. The summed E-state index contributed by atoms with van der Waals surface area (Å²) in [7, 11) is 0. The van der Waals surface area contributed by atoms with Gasteiger partial charge >= 0.3 is 11.9 Å². The Balaban J connectivity index is 1.83. The molecule has 0 amide bonds. The number of aliphatic imine (C=N–C) groups is 1. The molecule has 186 valence electrons. The van der Waals surface area contributed by atoms with Crippen molar-refractivity contribution in [1.29, 1.82) is 0 Å². The molecular formula is C23H25F2N5O5. The van der Waals surface area contributed by atoms with Crippen molar-refractivity contribution in [3.8, 4) is 0 Å². The Morgan fingerprint density at radius 1 is 1.31 bits per heavy atom. The highest BCUT2D eigenvalue weighted by molar-refractivity contribution is 6.01. The lowest BCUT2D eigenvalue weighted by Gasteiger charge is -2.35. The number of morpholine rings is 1. The lowest BCUT2D eigenvalue weighted by atomic mass is 9.95.